The first-order chi connectivity index (χ1) is 12.1. The summed E-state index contributed by atoms with van der Waals surface area (Å²) >= 11 is 1.48. The zero-order chi connectivity index (χ0) is 17.4. The van der Waals surface area contributed by atoms with Crippen molar-refractivity contribution in [3.63, 3.8) is 0 Å². The van der Waals surface area contributed by atoms with Crippen LogP contribution in [0, 0.1) is 5.82 Å². The molecule has 0 fully saturated rings. The predicted molar refractivity (Wildman–Crippen MR) is 96.7 cm³/mol. The molecule has 0 spiro atoms. The van der Waals surface area contributed by atoms with Gasteiger partial charge >= 0.3 is 0 Å². The lowest BCUT2D eigenvalue weighted by Gasteiger charge is -2.09. The van der Waals surface area contributed by atoms with Crippen molar-refractivity contribution in [1.82, 2.24) is 24.7 Å². The van der Waals surface area contributed by atoms with Crippen LogP contribution >= 0.6 is 11.8 Å². The van der Waals surface area contributed by atoms with E-state index >= 15 is 0 Å². The Morgan fingerprint density at radius 3 is 2.64 bits per heavy atom. The van der Waals surface area contributed by atoms with Crippen LogP contribution in [0.2, 0.25) is 0 Å². The normalized spacial score (nSPS) is 11.2. The van der Waals surface area contributed by atoms with Crippen LogP contribution < -0.4 is 0 Å². The molecule has 0 atom stereocenters. The molecule has 0 saturated heterocycles. The summed E-state index contributed by atoms with van der Waals surface area (Å²) in [4.78, 5) is 13.5. The summed E-state index contributed by atoms with van der Waals surface area (Å²) < 4.78 is 15.0. The molecule has 1 aromatic carbocycles. The average molecular weight is 351 g/mol. The molecule has 0 aliphatic heterocycles. The maximum atomic E-state index is 13.3. The van der Waals surface area contributed by atoms with Crippen LogP contribution in [0.3, 0.4) is 0 Å². The van der Waals surface area contributed by atoms with Crippen LogP contribution in [0.1, 0.15) is 0 Å². The Balaban J connectivity index is 1.99. The molecule has 0 aliphatic rings. The second-order valence-electron chi connectivity index (χ2n) is 5.54. The van der Waals surface area contributed by atoms with Gasteiger partial charge in [-0.25, -0.2) is 19.3 Å². The topological polar surface area (TPSA) is 56.5 Å². The molecule has 25 heavy (non-hydrogen) atoms. The minimum Gasteiger partial charge on any atom is -0.273 e. The molecule has 0 saturated carbocycles. The summed E-state index contributed by atoms with van der Waals surface area (Å²) in [6.07, 6.45) is 5.58. The van der Waals surface area contributed by atoms with Gasteiger partial charge in [-0.05, 0) is 42.7 Å². The molecule has 0 N–H and O–H groups in total. The largest absolute Gasteiger partial charge is 0.273 e. The lowest BCUT2D eigenvalue weighted by atomic mass is 10.0. The summed E-state index contributed by atoms with van der Waals surface area (Å²) in [5.41, 5.74) is 3.82. The Kier molecular flexibility index (Phi) is 3.93. The minimum absolute atomic E-state index is 0.282. The third-order valence-corrected chi connectivity index (χ3v) is 4.38. The third-order valence-electron chi connectivity index (χ3n) is 3.82. The predicted octanol–water partition coefficient (Wildman–Crippen LogP) is 3.95. The Labute approximate surface area is 148 Å². The Hall–Kier alpha value is -2.80. The number of hydrogen-bond donors (Lipinski definition) is 0. The Bertz CT molecular complexity index is 1060. The number of rotatable bonds is 3. The second kappa shape index (κ2) is 6.25. The highest BCUT2D eigenvalue weighted by Gasteiger charge is 2.15. The van der Waals surface area contributed by atoms with Crippen LogP contribution in [0.5, 0.6) is 0 Å². The molecule has 0 aliphatic carbocycles. The molecular weight excluding hydrogens is 337 g/mol. The van der Waals surface area contributed by atoms with E-state index in [1.54, 1.807) is 23.0 Å². The van der Waals surface area contributed by atoms with Crippen molar-refractivity contribution in [3.8, 4) is 22.5 Å². The molecule has 4 rings (SSSR count). The van der Waals surface area contributed by atoms with Gasteiger partial charge in [-0.2, -0.15) is 5.10 Å². The summed E-state index contributed by atoms with van der Waals surface area (Å²) in [7, 11) is 1.86. The van der Waals surface area contributed by atoms with Gasteiger partial charge in [0, 0.05) is 36.0 Å². The van der Waals surface area contributed by atoms with Gasteiger partial charge in [-0.15, -0.1) is 0 Å². The number of aryl methyl sites for hydroxylation is 1. The molecule has 0 bridgehead atoms. The number of pyridine rings is 1. The lowest BCUT2D eigenvalue weighted by molar-refractivity contribution is 0.628. The van der Waals surface area contributed by atoms with Crippen LogP contribution in [0.4, 0.5) is 4.39 Å². The van der Waals surface area contributed by atoms with E-state index in [0.717, 1.165) is 27.9 Å². The molecule has 3 heterocycles. The van der Waals surface area contributed by atoms with E-state index in [9.17, 15) is 4.39 Å². The average Bonchev–Trinajstić information content (AvgIpc) is 3.00. The SMILES string of the molecule is CSc1nccc(-c2cc3cn(C)nc3nc2-c2ccc(F)cc2)n1. The molecule has 0 radical (unpaired) electrons. The summed E-state index contributed by atoms with van der Waals surface area (Å²) in [6.45, 7) is 0. The highest BCUT2D eigenvalue weighted by atomic mass is 32.2. The number of halogens is 1. The van der Waals surface area contributed by atoms with E-state index in [-0.39, 0.29) is 5.82 Å². The van der Waals surface area contributed by atoms with Crippen LogP contribution in [0.15, 0.2) is 53.9 Å². The number of nitrogens with zero attached hydrogens (tertiary/aromatic N) is 5. The Morgan fingerprint density at radius 1 is 1.08 bits per heavy atom. The van der Waals surface area contributed by atoms with E-state index in [4.69, 9.17) is 4.98 Å². The molecule has 3 aromatic heterocycles. The van der Waals surface area contributed by atoms with Gasteiger partial charge in [0.1, 0.15) is 5.82 Å². The number of fused-ring (bicyclic) bond motifs is 1. The van der Waals surface area contributed by atoms with Crippen LogP contribution in [-0.2, 0) is 7.05 Å². The van der Waals surface area contributed by atoms with Gasteiger partial charge in [0.2, 0.25) is 0 Å². The van der Waals surface area contributed by atoms with Crippen molar-refractivity contribution in [1.29, 1.82) is 0 Å². The first-order valence-electron chi connectivity index (χ1n) is 7.62. The van der Waals surface area contributed by atoms with Crippen molar-refractivity contribution in [2.75, 3.05) is 6.26 Å². The molecule has 0 unspecified atom stereocenters. The van der Waals surface area contributed by atoms with Gasteiger partial charge in [0.25, 0.3) is 0 Å². The molecular formula is C18H14FN5S. The zero-order valence-electron chi connectivity index (χ0n) is 13.6. The number of aromatic nitrogens is 5. The molecule has 7 heteroatoms. The highest BCUT2D eigenvalue weighted by Crippen LogP contribution is 2.32. The van der Waals surface area contributed by atoms with Gasteiger partial charge in [-0.3, -0.25) is 4.68 Å². The van der Waals surface area contributed by atoms with Crippen LogP contribution in [-0.4, -0.2) is 31.0 Å². The summed E-state index contributed by atoms with van der Waals surface area (Å²) in [6, 6.07) is 10.2. The fourth-order valence-electron chi connectivity index (χ4n) is 2.69. The first kappa shape index (κ1) is 15.7. The van der Waals surface area contributed by atoms with Gasteiger partial charge < -0.3 is 0 Å². The second-order valence-corrected chi connectivity index (χ2v) is 6.31. The fourth-order valence-corrected chi connectivity index (χ4v) is 3.04. The first-order valence-corrected chi connectivity index (χ1v) is 8.84. The molecule has 0 amide bonds. The van der Waals surface area contributed by atoms with E-state index in [1.165, 1.54) is 23.9 Å². The maximum absolute atomic E-state index is 13.3. The van der Waals surface area contributed by atoms with E-state index in [0.29, 0.717) is 10.8 Å². The maximum Gasteiger partial charge on any atom is 0.187 e. The number of hydrogen-bond acceptors (Lipinski definition) is 5. The summed E-state index contributed by atoms with van der Waals surface area (Å²) in [5, 5.41) is 5.99. The van der Waals surface area contributed by atoms with Crippen LogP contribution in [0.25, 0.3) is 33.5 Å². The van der Waals surface area contributed by atoms with Crippen molar-refractivity contribution in [2.24, 2.45) is 7.05 Å². The monoisotopic (exact) mass is 351 g/mol. The van der Waals surface area contributed by atoms with Crippen molar-refractivity contribution in [2.45, 2.75) is 5.16 Å². The highest BCUT2D eigenvalue weighted by molar-refractivity contribution is 7.98. The van der Waals surface area contributed by atoms with Gasteiger partial charge in [0.15, 0.2) is 10.8 Å². The minimum atomic E-state index is -0.282. The lowest BCUT2D eigenvalue weighted by Crippen LogP contribution is -1.95. The molecule has 5 nitrogen and oxygen atoms in total. The van der Waals surface area contributed by atoms with Crippen molar-refractivity contribution in [3.05, 3.63) is 54.6 Å². The van der Waals surface area contributed by atoms with Gasteiger partial charge in [0.05, 0.1) is 11.4 Å². The zero-order valence-corrected chi connectivity index (χ0v) is 14.5. The van der Waals surface area contributed by atoms with E-state index in [1.807, 2.05) is 31.6 Å². The third kappa shape index (κ3) is 2.98. The fraction of sp³-hybridized carbons (Fsp3) is 0.111. The number of benzene rings is 1. The number of thioether (sulfide) groups is 1. The quantitative estimate of drug-likeness (QED) is 0.413. The van der Waals surface area contributed by atoms with E-state index in [2.05, 4.69) is 15.1 Å². The Morgan fingerprint density at radius 2 is 1.88 bits per heavy atom. The standard InChI is InChI=1S/C18H14FN5S/c1-24-10-12-9-14(15-7-8-20-18(21-15)25-2)16(22-17(12)23-24)11-3-5-13(19)6-4-11/h3-10H,1-2H3. The molecule has 124 valence electrons. The van der Waals surface area contributed by atoms with Crippen molar-refractivity contribution < 1.29 is 4.39 Å². The van der Waals surface area contributed by atoms with Crippen molar-refractivity contribution >= 4 is 22.8 Å². The summed E-state index contributed by atoms with van der Waals surface area (Å²) in [5.74, 6) is -0.282. The smallest absolute Gasteiger partial charge is 0.187 e. The van der Waals surface area contributed by atoms with E-state index < -0.39 is 0 Å². The van der Waals surface area contributed by atoms with Gasteiger partial charge in [-0.1, -0.05) is 11.8 Å². The molecule has 4 aromatic rings.